The van der Waals surface area contributed by atoms with E-state index in [1.807, 2.05) is 12.1 Å². The first-order valence-electron chi connectivity index (χ1n) is 9.34. The van der Waals surface area contributed by atoms with E-state index >= 15 is 0 Å². The summed E-state index contributed by atoms with van der Waals surface area (Å²) in [5.74, 6) is 2.63. The SMILES string of the molecule is COc1ccc([C@@H]2CCCCCN2Cc2ccc(OC)cc2OC)cc1. The molecule has 1 fully saturated rings. The molecule has 2 aromatic rings. The highest BCUT2D eigenvalue weighted by Crippen LogP contribution is 2.34. The second-order valence-electron chi connectivity index (χ2n) is 6.79. The Morgan fingerprint density at radius 3 is 2.27 bits per heavy atom. The van der Waals surface area contributed by atoms with E-state index in [0.29, 0.717) is 6.04 Å². The lowest BCUT2D eigenvalue weighted by Gasteiger charge is -2.31. The zero-order chi connectivity index (χ0) is 18.4. The minimum Gasteiger partial charge on any atom is -0.497 e. The molecule has 0 aliphatic carbocycles. The van der Waals surface area contributed by atoms with Crippen molar-refractivity contribution in [3.05, 3.63) is 53.6 Å². The molecule has 1 aliphatic heterocycles. The number of benzene rings is 2. The van der Waals surface area contributed by atoms with Crippen LogP contribution in [0.25, 0.3) is 0 Å². The maximum Gasteiger partial charge on any atom is 0.127 e. The number of nitrogens with zero attached hydrogens (tertiary/aromatic N) is 1. The zero-order valence-corrected chi connectivity index (χ0v) is 16.0. The van der Waals surface area contributed by atoms with Gasteiger partial charge in [-0.1, -0.05) is 31.0 Å². The van der Waals surface area contributed by atoms with Gasteiger partial charge in [-0.2, -0.15) is 0 Å². The Morgan fingerprint density at radius 2 is 1.58 bits per heavy atom. The summed E-state index contributed by atoms with van der Waals surface area (Å²) in [6, 6.07) is 15.1. The van der Waals surface area contributed by atoms with Crippen LogP contribution in [-0.4, -0.2) is 32.8 Å². The number of hydrogen-bond donors (Lipinski definition) is 0. The van der Waals surface area contributed by atoms with E-state index < -0.39 is 0 Å². The van der Waals surface area contributed by atoms with E-state index in [9.17, 15) is 0 Å². The Morgan fingerprint density at radius 1 is 0.846 bits per heavy atom. The number of likely N-dealkylation sites (tertiary alicyclic amines) is 1. The van der Waals surface area contributed by atoms with Crippen LogP contribution >= 0.6 is 0 Å². The molecule has 0 unspecified atom stereocenters. The second-order valence-corrected chi connectivity index (χ2v) is 6.79. The molecular formula is C22H29NO3. The Kier molecular flexibility index (Phi) is 6.40. The van der Waals surface area contributed by atoms with Crippen LogP contribution < -0.4 is 14.2 Å². The lowest BCUT2D eigenvalue weighted by Crippen LogP contribution is -2.28. The smallest absolute Gasteiger partial charge is 0.127 e. The van der Waals surface area contributed by atoms with Gasteiger partial charge in [-0.05, 0) is 43.1 Å². The number of hydrogen-bond acceptors (Lipinski definition) is 4. The molecule has 26 heavy (non-hydrogen) atoms. The standard InChI is InChI=1S/C22H29NO3/c1-24-19-11-8-17(9-12-19)21-7-5-4-6-14-23(21)16-18-10-13-20(25-2)15-22(18)26-3/h8-13,15,21H,4-7,14,16H2,1-3H3/t21-/m0/s1. The highest BCUT2D eigenvalue weighted by atomic mass is 16.5. The summed E-state index contributed by atoms with van der Waals surface area (Å²) >= 11 is 0. The molecule has 1 heterocycles. The van der Waals surface area contributed by atoms with Gasteiger partial charge in [0.05, 0.1) is 21.3 Å². The maximum absolute atomic E-state index is 5.61. The fourth-order valence-corrected chi connectivity index (χ4v) is 3.76. The first kappa shape index (κ1) is 18.6. The molecule has 4 heteroatoms. The van der Waals surface area contributed by atoms with Crippen LogP contribution in [0.4, 0.5) is 0 Å². The molecule has 140 valence electrons. The van der Waals surface area contributed by atoms with Gasteiger partial charge in [-0.25, -0.2) is 0 Å². The van der Waals surface area contributed by atoms with E-state index in [1.54, 1.807) is 21.3 Å². The fraction of sp³-hybridized carbons (Fsp3) is 0.455. The van der Waals surface area contributed by atoms with Gasteiger partial charge in [-0.15, -0.1) is 0 Å². The average molecular weight is 355 g/mol. The van der Waals surface area contributed by atoms with Crippen molar-refractivity contribution in [2.24, 2.45) is 0 Å². The van der Waals surface area contributed by atoms with Gasteiger partial charge in [0.25, 0.3) is 0 Å². The van der Waals surface area contributed by atoms with Gasteiger partial charge in [-0.3, -0.25) is 4.90 Å². The van der Waals surface area contributed by atoms with Crippen molar-refractivity contribution < 1.29 is 14.2 Å². The molecule has 4 nitrogen and oxygen atoms in total. The lowest BCUT2D eigenvalue weighted by molar-refractivity contribution is 0.190. The van der Waals surface area contributed by atoms with E-state index in [2.05, 4.69) is 35.2 Å². The molecule has 1 saturated heterocycles. The quantitative estimate of drug-likeness (QED) is 0.743. The van der Waals surface area contributed by atoms with Crippen molar-refractivity contribution in [1.29, 1.82) is 0 Å². The van der Waals surface area contributed by atoms with E-state index in [-0.39, 0.29) is 0 Å². The molecule has 2 aromatic carbocycles. The summed E-state index contributed by atoms with van der Waals surface area (Å²) in [5, 5.41) is 0. The summed E-state index contributed by atoms with van der Waals surface area (Å²) in [7, 11) is 5.12. The number of rotatable bonds is 6. The van der Waals surface area contributed by atoms with Crippen LogP contribution in [-0.2, 0) is 6.54 Å². The molecule has 1 aliphatic rings. The maximum atomic E-state index is 5.61. The summed E-state index contributed by atoms with van der Waals surface area (Å²) < 4.78 is 16.3. The molecule has 0 spiro atoms. The van der Waals surface area contributed by atoms with Gasteiger partial charge in [0, 0.05) is 24.2 Å². The van der Waals surface area contributed by atoms with Gasteiger partial charge in [0.15, 0.2) is 0 Å². The Hall–Kier alpha value is -2.20. The molecule has 1 atom stereocenters. The summed E-state index contributed by atoms with van der Waals surface area (Å²) in [6.07, 6.45) is 4.99. The largest absolute Gasteiger partial charge is 0.497 e. The van der Waals surface area contributed by atoms with Gasteiger partial charge >= 0.3 is 0 Å². The monoisotopic (exact) mass is 355 g/mol. The first-order valence-corrected chi connectivity index (χ1v) is 9.34. The Labute approximate surface area is 156 Å². The van der Waals surface area contributed by atoms with E-state index in [1.165, 1.54) is 36.8 Å². The van der Waals surface area contributed by atoms with Crippen LogP contribution in [0, 0.1) is 0 Å². The molecule has 0 bridgehead atoms. The van der Waals surface area contributed by atoms with Crippen molar-refractivity contribution >= 4 is 0 Å². The summed E-state index contributed by atoms with van der Waals surface area (Å²) in [6.45, 7) is 1.98. The number of ether oxygens (including phenoxy) is 3. The zero-order valence-electron chi connectivity index (χ0n) is 16.0. The molecular weight excluding hydrogens is 326 g/mol. The average Bonchev–Trinajstić information content (AvgIpc) is 2.93. The lowest BCUT2D eigenvalue weighted by atomic mass is 10.00. The second kappa shape index (κ2) is 8.95. The van der Waals surface area contributed by atoms with Crippen molar-refractivity contribution in [3.8, 4) is 17.2 Å². The van der Waals surface area contributed by atoms with Gasteiger partial charge in [0.1, 0.15) is 17.2 Å². The third-order valence-corrected chi connectivity index (χ3v) is 5.23. The molecule has 0 radical (unpaired) electrons. The summed E-state index contributed by atoms with van der Waals surface area (Å²) in [5.41, 5.74) is 2.56. The molecule has 0 N–H and O–H groups in total. The Bertz CT molecular complexity index is 699. The van der Waals surface area contributed by atoms with E-state index in [4.69, 9.17) is 14.2 Å². The summed E-state index contributed by atoms with van der Waals surface area (Å²) in [4.78, 5) is 2.58. The molecule has 0 saturated carbocycles. The van der Waals surface area contributed by atoms with Crippen molar-refractivity contribution in [2.45, 2.75) is 38.3 Å². The Balaban J connectivity index is 1.84. The van der Waals surface area contributed by atoms with Crippen LogP contribution in [0.3, 0.4) is 0 Å². The van der Waals surface area contributed by atoms with E-state index in [0.717, 1.165) is 30.3 Å². The topological polar surface area (TPSA) is 30.9 Å². The van der Waals surface area contributed by atoms with Crippen molar-refractivity contribution in [3.63, 3.8) is 0 Å². The normalized spacial score (nSPS) is 18.2. The minimum atomic E-state index is 0.426. The number of methoxy groups -OCH3 is 3. The van der Waals surface area contributed by atoms with Crippen molar-refractivity contribution in [1.82, 2.24) is 4.90 Å². The first-order chi connectivity index (χ1) is 12.7. The fourth-order valence-electron chi connectivity index (χ4n) is 3.76. The van der Waals surface area contributed by atoms with Crippen LogP contribution in [0.1, 0.15) is 42.9 Å². The third-order valence-electron chi connectivity index (χ3n) is 5.23. The minimum absolute atomic E-state index is 0.426. The van der Waals surface area contributed by atoms with Gasteiger partial charge in [0.2, 0.25) is 0 Å². The van der Waals surface area contributed by atoms with Crippen LogP contribution in [0.5, 0.6) is 17.2 Å². The van der Waals surface area contributed by atoms with Gasteiger partial charge < -0.3 is 14.2 Å². The predicted molar refractivity (Wildman–Crippen MR) is 104 cm³/mol. The highest BCUT2D eigenvalue weighted by molar-refractivity contribution is 5.41. The third kappa shape index (κ3) is 4.31. The van der Waals surface area contributed by atoms with Crippen LogP contribution in [0.2, 0.25) is 0 Å². The predicted octanol–water partition coefficient (Wildman–Crippen LogP) is 4.83. The van der Waals surface area contributed by atoms with Crippen LogP contribution in [0.15, 0.2) is 42.5 Å². The highest BCUT2D eigenvalue weighted by Gasteiger charge is 2.24. The van der Waals surface area contributed by atoms with Crippen molar-refractivity contribution in [2.75, 3.05) is 27.9 Å². The molecule has 0 amide bonds. The molecule has 3 rings (SSSR count). The molecule has 0 aromatic heterocycles.